The fourth-order valence-electron chi connectivity index (χ4n) is 2.07. The zero-order valence-electron chi connectivity index (χ0n) is 11.3. The quantitative estimate of drug-likeness (QED) is 0.851. The maximum atomic E-state index is 6.26. The smallest absolute Gasteiger partial charge is 0.126 e. The highest BCUT2D eigenvalue weighted by atomic mass is 15.3. The fraction of sp³-hybridized carbons (Fsp3) is 0.538. The van der Waals surface area contributed by atoms with Crippen LogP contribution in [-0.2, 0) is 12.1 Å². The first-order chi connectivity index (χ1) is 8.56. The molecule has 0 saturated carbocycles. The molecule has 0 aliphatic rings. The molecule has 5 heteroatoms. The van der Waals surface area contributed by atoms with E-state index in [4.69, 9.17) is 5.73 Å². The van der Waals surface area contributed by atoms with Crippen LogP contribution >= 0.6 is 0 Å². The van der Waals surface area contributed by atoms with Gasteiger partial charge in [-0.15, -0.1) is 0 Å². The fourth-order valence-corrected chi connectivity index (χ4v) is 2.07. The van der Waals surface area contributed by atoms with E-state index in [1.807, 2.05) is 30.2 Å². The highest BCUT2D eigenvalue weighted by Gasteiger charge is 2.23. The Morgan fingerprint density at radius 3 is 2.78 bits per heavy atom. The number of imidazole rings is 1. The molecule has 2 aromatic heterocycles. The number of hydrogen-bond donors (Lipinski definition) is 2. The number of H-pyrrole nitrogens is 1. The Bertz CT molecular complexity index is 509. The Labute approximate surface area is 107 Å². The van der Waals surface area contributed by atoms with Crippen LogP contribution < -0.4 is 5.73 Å². The first kappa shape index (κ1) is 12.8. The second kappa shape index (κ2) is 4.94. The lowest BCUT2D eigenvalue weighted by Gasteiger charge is -2.20. The van der Waals surface area contributed by atoms with Gasteiger partial charge in [0.2, 0.25) is 0 Å². The summed E-state index contributed by atoms with van der Waals surface area (Å²) < 4.78 is 1.89. The van der Waals surface area contributed by atoms with Crippen molar-refractivity contribution in [2.75, 3.05) is 0 Å². The zero-order valence-corrected chi connectivity index (χ0v) is 11.3. The topological polar surface area (TPSA) is 72.5 Å². The van der Waals surface area contributed by atoms with Crippen LogP contribution in [0.15, 0.2) is 18.6 Å². The van der Waals surface area contributed by atoms with Crippen molar-refractivity contribution in [3.8, 4) is 11.3 Å². The number of nitrogens with zero attached hydrogens (tertiary/aromatic N) is 3. The third kappa shape index (κ3) is 2.46. The Hall–Kier alpha value is -1.62. The lowest BCUT2D eigenvalue weighted by molar-refractivity contribution is 0.423. The predicted octanol–water partition coefficient (Wildman–Crippen LogP) is 2.27. The van der Waals surface area contributed by atoms with E-state index >= 15 is 0 Å². The molecule has 3 N–H and O–H groups in total. The minimum atomic E-state index is -0.395. The van der Waals surface area contributed by atoms with E-state index in [1.54, 1.807) is 0 Å². The maximum absolute atomic E-state index is 6.26. The van der Waals surface area contributed by atoms with Gasteiger partial charge in [0.05, 0.1) is 23.6 Å². The summed E-state index contributed by atoms with van der Waals surface area (Å²) in [6.45, 7) is 7.06. The van der Waals surface area contributed by atoms with Gasteiger partial charge in [-0.05, 0) is 20.3 Å². The number of hydrogen-bond acceptors (Lipinski definition) is 3. The SMILES string of the molecule is CCCC(C)(N)c1ncc(-c2cnn(CC)c2)[nH]1. The summed E-state index contributed by atoms with van der Waals surface area (Å²) in [6.07, 6.45) is 7.62. The van der Waals surface area contributed by atoms with Crippen LogP contribution in [0.1, 0.15) is 39.4 Å². The molecule has 0 fully saturated rings. The zero-order chi connectivity index (χ0) is 13.2. The molecule has 18 heavy (non-hydrogen) atoms. The maximum Gasteiger partial charge on any atom is 0.126 e. The van der Waals surface area contributed by atoms with E-state index in [1.165, 1.54) is 0 Å². The van der Waals surface area contributed by atoms with Gasteiger partial charge < -0.3 is 10.7 Å². The molecule has 0 radical (unpaired) electrons. The van der Waals surface area contributed by atoms with E-state index in [9.17, 15) is 0 Å². The van der Waals surface area contributed by atoms with Crippen LogP contribution in [0.2, 0.25) is 0 Å². The van der Waals surface area contributed by atoms with Crippen molar-refractivity contribution in [2.45, 2.75) is 45.7 Å². The summed E-state index contributed by atoms with van der Waals surface area (Å²) in [6, 6.07) is 0. The highest BCUT2D eigenvalue weighted by Crippen LogP contribution is 2.23. The Morgan fingerprint density at radius 1 is 1.39 bits per heavy atom. The second-order valence-electron chi connectivity index (χ2n) is 4.90. The standard InChI is InChI=1S/C13H21N5/c1-4-6-13(3,14)12-15-8-11(17-12)10-7-16-18(5-2)9-10/h7-9H,4-6,14H2,1-3H3,(H,15,17). The average Bonchev–Trinajstić information content (AvgIpc) is 2.98. The third-order valence-electron chi connectivity index (χ3n) is 3.15. The largest absolute Gasteiger partial charge is 0.340 e. The van der Waals surface area contributed by atoms with Gasteiger partial charge in [-0.3, -0.25) is 4.68 Å². The molecule has 5 nitrogen and oxygen atoms in total. The first-order valence-corrected chi connectivity index (χ1v) is 6.44. The summed E-state index contributed by atoms with van der Waals surface area (Å²) >= 11 is 0. The van der Waals surface area contributed by atoms with Crippen molar-refractivity contribution < 1.29 is 0 Å². The second-order valence-corrected chi connectivity index (χ2v) is 4.90. The number of aromatic nitrogens is 4. The van der Waals surface area contributed by atoms with Crippen molar-refractivity contribution in [1.82, 2.24) is 19.7 Å². The number of nitrogens with one attached hydrogen (secondary N) is 1. The van der Waals surface area contributed by atoms with Crippen molar-refractivity contribution in [2.24, 2.45) is 5.73 Å². The molecule has 1 unspecified atom stereocenters. The molecule has 0 aliphatic heterocycles. The van der Waals surface area contributed by atoms with Crippen LogP contribution in [0.3, 0.4) is 0 Å². The highest BCUT2D eigenvalue weighted by molar-refractivity contribution is 5.56. The van der Waals surface area contributed by atoms with Crippen LogP contribution in [0, 0.1) is 0 Å². The molecule has 98 valence electrons. The van der Waals surface area contributed by atoms with Crippen LogP contribution in [-0.4, -0.2) is 19.7 Å². The molecule has 0 aliphatic carbocycles. The summed E-state index contributed by atoms with van der Waals surface area (Å²) in [4.78, 5) is 7.70. The van der Waals surface area contributed by atoms with E-state index in [2.05, 4.69) is 28.9 Å². The predicted molar refractivity (Wildman–Crippen MR) is 71.9 cm³/mol. The van der Waals surface area contributed by atoms with Gasteiger partial charge in [0.25, 0.3) is 0 Å². The van der Waals surface area contributed by atoms with Crippen molar-refractivity contribution in [1.29, 1.82) is 0 Å². The van der Waals surface area contributed by atoms with Crippen molar-refractivity contribution in [3.63, 3.8) is 0 Å². The van der Waals surface area contributed by atoms with E-state index in [0.29, 0.717) is 0 Å². The Kier molecular flexibility index (Phi) is 3.52. The summed E-state index contributed by atoms with van der Waals surface area (Å²) in [5.41, 5.74) is 7.88. The molecule has 2 heterocycles. The van der Waals surface area contributed by atoms with Gasteiger partial charge in [-0.25, -0.2) is 4.98 Å². The molecule has 0 bridgehead atoms. The van der Waals surface area contributed by atoms with E-state index < -0.39 is 5.54 Å². The number of aryl methyl sites for hydroxylation is 1. The molecular weight excluding hydrogens is 226 g/mol. The van der Waals surface area contributed by atoms with Gasteiger partial charge in [0.1, 0.15) is 5.82 Å². The van der Waals surface area contributed by atoms with Crippen LogP contribution in [0.25, 0.3) is 11.3 Å². The third-order valence-corrected chi connectivity index (χ3v) is 3.15. The van der Waals surface area contributed by atoms with Crippen LogP contribution in [0.5, 0.6) is 0 Å². The molecule has 0 amide bonds. The lowest BCUT2D eigenvalue weighted by Crippen LogP contribution is -2.34. The Balaban J connectivity index is 2.24. The van der Waals surface area contributed by atoms with E-state index in [-0.39, 0.29) is 0 Å². The number of aromatic amines is 1. The molecule has 2 rings (SSSR count). The lowest BCUT2D eigenvalue weighted by atomic mass is 9.97. The molecule has 2 aromatic rings. The van der Waals surface area contributed by atoms with Gasteiger partial charge in [0, 0.05) is 18.3 Å². The van der Waals surface area contributed by atoms with Gasteiger partial charge in [-0.1, -0.05) is 13.3 Å². The molecule has 1 atom stereocenters. The van der Waals surface area contributed by atoms with Crippen LogP contribution in [0.4, 0.5) is 0 Å². The summed E-state index contributed by atoms with van der Waals surface area (Å²) in [5.74, 6) is 0.837. The Morgan fingerprint density at radius 2 is 2.17 bits per heavy atom. The van der Waals surface area contributed by atoms with Crippen molar-refractivity contribution in [3.05, 3.63) is 24.4 Å². The minimum Gasteiger partial charge on any atom is -0.340 e. The summed E-state index contributed by atoms with van der Waals surface area (Å²) in [7, 11) is 0. The number of nitrogens with two attached hydrogens (primary N) is 1. The monoisotopic (exact) mass is 247 g/mol. The van der Waals surface area contributed by atoms with Gasteiger partial charge in [-0.2, -0.15) is 5.10 Å². The van der Waals surface area contributed by atoms with E-state index in [0.717, 1.165) is 36.5 Å². The molecular formula is C13H21N5. The summed E-state index contributed by atoms with van der Waals surface area (Å²) in [5, 5.41) is 4.26. The van der Waals surface area contributed by atoms with Gasteiger partial charge in [0.15, 0.2) is 0 Å². The molecule has 0 spiro atoms. The first-order valence-electron chi connectivity index (χ1n) is 6.44. The average molecular weight is 247 g/mol. The van der Waals surface area contributed by atoms with Crippen molar-refractivity contribution >= 4 is 0 Å². The molecule has 0 saturated heterocycles. The minimum absolute atomic E-state index is 0.395. The number of rotatable bonds is 5. The molecule has 0 aromatic carbocycles. The normalized spacial score (nSPS) is 14.7. The van der Waals surface area contributed by atoms with Gasteiger partial charge >= 0.3 is 0 Å².